The van der Waals surface area contributed by atoms with Gasteiger partial charge in [0.25, 0.3) is 0 Å². The van der Waals surface area contributed by atoms with Crippen molar-refractivity contribution in [3.63, 3.8) is 0 Å². The Kier molecular flexibility index (Phi) is 3.93. The van der Waals surface area contributed by atoms with E-state index in [0.29, 0.717) is 11.4 Å². The van der Waals surface area contributed by atoms with Gasteiger partial charge in [-0.15, -0.1) is 11.6 Å². The number of anilines is 1. The second-order valence-electron chi connectivity index (χ2n) is 8.47. The highest BCUT2D eigenvalue weighted by Crippen LogP contribution is 2.65. The quantitative estimate of drug-likeness (QED) is 0.255. The Hall–Kier alpha value is -3.44. The van der Waals surface area contributed by atoms with Crippen LogP contribution in [0.3, 0.4) is 0 Å². The molecule has 1 aliphatic heterocycles. The van der Waals surface area contributed by atoms with Gasteiger partial charge in [-0.2, -0.15) is 0 Å². The van der Waals surface area contributed by atoms with Gasteiger partial charge in [0.2, 0.25) is 11.8 Å². The van der Waals surface area contributed by atoms with Crippen molar-refractivity contribution in [1.82, 2.24) is 0 Å². The van der Waals surface area contributed by atoms with Crippen LogP contribution in [0.4, 0.5) is 5.69 Å². The van der Waals surface area contributed by atoms with Crippen LogP contribution in [0, 0.1) is 11.8 Å². The van der Waals surface area contributed by atoms with Gasteiger partial charge in [-0.25, -0.2) is 4.90 Å². The molecule has 2 bridgehead atoms. The fraction of sp³-hybridized carbons (Fsp3) is 0.192. The van der Waals surface area contributed by atoms with Crippen LogP contribution in [0.2, 0.25) is 0 Å². The molecule has 1 saturated heterocycles. The molecule has 158 valence electrons. The molecule has 0 saturated carbocycles. The number of nitrogens with zero attached hydrogens (tertiary/aromatic N) is 1. The summed E-state index contributed by atoms with van der Waals surface area (Å²) in [6.45, 7) is 1.32. The maximum Gasteiger partial charge on any atom is 0.308 e. The summed E-state index contributed by atoms with van der Waals surface area (Å²) in [7, 11) is 0. The van der Waals surface area contributed by atoms with E-state index in [2.05, 4.69) is 0 Å². The highest BCUT2D eigenvalue weighted by molar-refractivity contribution is 6.33. The molecule has 0 unspecified atom stereocenters. The van der Waals surface area contributed by atoms with Gasteiger partial charge >= 0.3 is 5.97 Å². The van der Waals surface area contributed by atoms with Crippen molar-refractivity contribution in [2.45, 2.75) is 17.7 Å². The van der Waals surface area contributed by atoms with Gasteiger partial charge in [-0.3, -0.25) is 14.4 Å². The standard InChI is InChI=1S/C26H18ClNO4/c1-14(29)32-16-12-10-15(11-13-16)28-24(30)22-21-17-6-2-4-8-19(17)26(27,23(22)25(28)31)20-9-5-3-7-18(20)21/h2-13,21-23H,1H3/t21?,22-,23-,26?/m0/s1. The number of carbonyl (C=O) groups is 3. The lowest BCUT2D eigenvalue weighted by molar-refractivity contribution is -0.132. The number of ether oxygens (including phenoxy) is 1. The fourth-order valence-corrected chi connectivity index (χ4v) is 6.34. The number of halogens is 1. The Morgan fingerprint density at radius 2 is 1.44 bits per heavy atom. The minimum atomic E-state index is -1.11. The summed E-state index contributed by atoms with van der Waals surface area (Å²) in [6, 6.07) is 22.1. The normalized spacial score (nSPS) is 27.1. The Bertz CT molecular complexity index is 1270. The first kappa shape index (κ1) is 19.3. The van der Waals surface area contributed by atoms with Crippen molar-refractivity contribution in [2.24, 2.45) is 11.8 Å². The van der Waals surface area contributed by atoms with Gasteiger partial charge in [-0.05, 0) is 46.5 Å². The number of hydrogen-bond acceptors (Lipinski definition) is 4. The van der Waals surface area contributed by atoms with E-state index in [4.69, 9.17) is 16.3 Å². The first-order chi connectivity index (χ1) is 15.4. The van der Waals surface area contributed by atoms with Crippen molar-refractivity contribution in [1.29, 1.82) is 0 Å². The maximum absolute atomic E-state index is 13.8. The average molecular weight is 444 g/mol. The summed E-state index contributed by atoms with van der Waals surface area (Å²) in [5.74, 6) is -2.13. The Labute approximate surface area is 189 Å². The third-order valence-electron chi connectivity index (χ3n) is 6.87. The topological polar surface area (TPSA) is 63.7 Å². The van der Waals surface area contributed by atoms with Crippen molar-refractivity contribution < 1.29 is 19.1 Å². The van der Waals surface area contributed by atoms with E-state index >= 15 is 0 Å². The summed E-state index contributed by atoms with van der Waals surface area (Å²) in [4.78, 5) is 38.8. The molecule has 2 atom stereocenters. The molecule has 1 fully saturated rings. The van der Waals surface area contributed by atoms with E-state index in [0.717, 1.165) is 22.3 Å². The minimum absolute atomic E-state index is 0.227. The zero-order valence-corrected chi connectivity index (χ0v) is 17.9. The number of benzene rings is 3. The number of alkyl halides is 1. The van der Waals surface area contributed by atoms with Crippen LogP contribution in [0.25, 0.3) is 0 Å². The molecule has 5 nitrogen and oxygen atoms in total. The van der Waals surface area contributed by atoms with Crippen molar-refractivity contribution >= 4 is 35.1 Å². The molecule has 3 aromatic rings. The molecule has 0 radical (unpaired) electrons. The second kappa shape index (κ2) is 6.53. The van der Waals surface area contributed by atoms with Crippen molar-refractivity contribution in [3.8, 4) is 5.75 Å². The molecular weight excluding hydrogens is 426 g/mol. The second-order valence-corrected chi connectivity index (χ2v) is 9.06. The number of amides is 2. The van der Waals surface area contributed by atoms with Gasteiger partial charge in [-0.1, -0.05) is 48.5 Å². The van der Waals surface area contributed by atoms with E-state index < -0.39 is 22.7 Å². The van der Waals surface area contributed by atoms with Crippen LogP contribution >= 0.6 is 11.6 Å². The molecule has 3 aliphatic carbocycles. The SMILES string of the molecule is CC(=O)Oc1ccc(N2C(=O)[C@@H]3[C@@H](C2=O)C2c4ccccc4C3(Cl)c3ccccc32)cc1. The Balaban J connectivity index is 1.50. The van der Waals surface area contributed by atoms with E-state index in [1.807, 2.05) is 48.5 Å². The lowest BCUT2D eigenvalue weighted by atomic mass is 9.54. The monoisotopic (exact) mass is 443 g/mol. The Morgan fingerprint density at radius 1 is 0.875 bits per heavy atom. The van der Waals surface area contributed by atoms with E-state index in [1.165, 1.54) is 11.8 Å². The van der Waals surface area contributed by atoms with Gasteiger partial charge in [0.15, 0.2) is 0 Å². The molecular formula is C26H18ClNO4. The zero-order valence-electron chi connectivity index (χ0n) is 17.1. The molecule has 32 heavy (non-hydrogen) atoms. The summed E-state index contributed by atoms with van der Waals surface area (Å²) >= 11 is 7.40. The summed E-state index contributed by atoms with van der Waals surface area (Å²) in [5, 5.41) is 0. The number of imide groups is 1. The summed E-state index contributed by atoms with van der Waals surface area (Å²) < 4.78 is 5.08. The number of rotatable bonds is 2. The predicted octanol–water partition coefficient (Wildman–Crippen LogP) is 4.36. The van der Waals surface area contributed by atoms with Gasteiger partial charge in [0.05, 0.1) is 17.5 Å². The smallest absolute Gasteiger partial charge is 0.308 e. The number of esters is 1. The third kappa shape index (κ3) is 2.32. The summed E-state index contributed by atoms with van der Waals surface area (Å²) in [6.07, 6.45) is 0. The van der Waals surface area contributed by atoms with E-state index in [1.54, 1.807) is 24.3 Å². The van der Waals surface area contributed by atoms with Crippen LogP contribution in [-0.4, -0.2) is 17.8 Å². The van der Waals surface area contributed by atoms with E-state index in [9.17, 15) is 14.4 Å². The fourth-order valence-electron chi connectivity index (χ4n) is 5.76. The maximum atomic E-state index is 13.8. The van der Waals surface area contributed by atoms with Crippen molar-refractivity contribution in [2.75, 3.05) is 4.90 Å². The molecule has 1 heterocycles. The first-order valence-electron chi connectivity index (χ1n) is 10.5. The number of carbonyl (C=O) groups excluding carboxylic acids is 3. The molecule has 7 rings (SSSR count). The third-order valence-corrected chi connectivity index (χ3v) is 7.51. The highest BCUT2D eigenvalue weighted by atomic mass is 35.5. The van der Waals surface area contributed by atoms with Crippen molar-refractivity contribution in [3.05, 3.63) is 95.1 Å². The molecule has 0 spiro atoms. The lowest BCUT2D eigenvalue weighted by Crippen LogP contribution is -2.50. The van der Waals surface area contributed by atoms with E-state index in [-0.39, 0.29) is 17.7 Å². The predicted molar refractivity (Wildman–Crippen MR) is 119 cm³/mol. The van der Waals surface area contributed by atoms with Crippen LogP contribution < -0.4 is 9.64 Å². The molecule has 0 N–H and O–H groups in total. The number of hydrogen-bond donors (Lipinski definition) is 0. The van der Waals surface area contributed by atoms with Crippen LogP contribution in [0.5, 0.6) is 5.75 Å². The first-order valence-corrected chi connectivity index (χ1v) is 10.8. The lowest BCUT2D eigenvalue weighted by Gasteiger charge is -2.50. The van der Waals surface area contributed by atoms with Crippen LogP contribution in [0.15, 0.2) is 72.8 Å². The van der Waals surface area contributed by atoms with Gasteiger partial charge < -0.3 is 4.74 Å². The van der Waals surface area contributed by atoms with Gasteiger partial charge in [0, 0.05) is 12.8 Å². The zero-order chi connectivity index (χ0) is 22.2. The molecule has 0 aromatic heterocycles. The Morgan fingerprint density at radius 3 is 2.00 bits per heavy atom. The molecule has 6 heteroatoms. The highest BCUT2D eigenvalue weighted by Gasteiger charge is 2.67. The van der Waals surface area contributed by atoms with Gasteiger partial charge in [0.1, 0.15) is 10.6 Å². The average Bonchev–Trinajstić information content (AvgIpc) is 3.06. The van der Waals surface area contributed by atoms with Crippen LogP contribution in [0.1, 0.15) is 35.1 Å². The molecule has 4 aliphatic rings. The van der Waals surface area contributed by atoms with Crippen LogP contribution in [-0.2, 0) is 19.3 Å². The largest absolute Gasteiger partial charge is 0.427 e. The molecule has 2 amide bonds. The summed E-state index contributed by atoms with van der Waals surface area (Å²) in [5.41, 5.74) is 4.27. The minimum Gasteiger partial charge on any atom is -0.427 e. The molecule has 3 aromatic carbocycles.